The highest BCUT2D eigenvalue weighted by Gasteiger charge is 2.43. The van der Waals surface area contributed by atoms with E-state index in [1.807, 2.05) is 0 Å². The predicted octanol–water partition coefficient (Wildman–Crippen LogP) is 3.44. The number of hydrogen-bond acceptors (Lipinski definition) is 4. The van der Waals surface area contributed by atoms with Crippen molar-refractivity contribution < 1.29 is 40.6 Å². The Morgan fingerprint density at radius 3 is 2.20 bits per heavy atom. The first-order chi connectivity index (χ1) is 8.95. The van der Waals surface area contributed by atoms with Gasteiger partial charge in [0.15, 0.2) is 5.69 Å². The molecule has 11 heteroatoms. The molecule has 0 aliphatic rings. The van der Waals surface area contributed by atoms with Crippen LogP contribution in [-0.2, 0) is 10.9 Å². The molecule has 0 amide bonds. The van der Waals surface area contributed by atoms with Crippen LogP contribution in [0.4, 0.5) is 26.3 Å². The van der Waals surface area contributed by atoms with Crippen molar-refractivity contribution >= 4 is 17.6 Å². The van der Waals surface area contributed by atoms with Gasteiger partial charge in [-0.05, 0) is 6.07 Å². The Morgan fingerprint density at radius 2 is 1.80 bits per heavy atom. The largest absolute Gasteiger partial charge is 0.574 e. The third-order valence-electron chi connectivity index (χ3n) is 1.83. The second kappa shape index (κ2) is 5.35. The van der Waals surface area contributed by atoms with E-state index in [4.69, 9.17) is 11.6 Å². The first-order valence-electron chi connectivity index (χ1n) is 4.57. The summed E-state index contributed by atoms with van der Waals surface area (Å²) in [6.07, 6.45) is -10.7. The molecule has 0 spiro atoms. The first kappa shape index (κ1) is 16.3. The minimum absolute atomic E-state index is 0.430. The highest BCUT2D eigenvalue weighted by molar-refractivity contribution is 6.31. The van der Waals surface area contributed by atoms with Gasteiger partial charge in [-0.25, -0.2) is 9.78 Å². The Balaban J connectivity index is 3.48. The summed E-state index contributed by atoms with van der Waals surface area (Å²) in [6, 6.07) is 0.430. The van der Waals surface area contributed by atoms with Gasteiger partial charge >= 0.3 is 18.5 Å². The summed E-state index contributed by atoms with van der Waals surface area (Å²) in [4.78, 5) is 13.9. The maximum atomic E-state index is 12.6. The summed E-state index contributed by atoms with van der Waals surface area (Å²) in [5, 5.41) is -1.17. The molecule has 1 heterocycles. The number of methoxy groups -OCH3 is 1. The smallest absolute Gasteiger partial charge is 0.464 e. The number of carbonyl (C=O) groups is 1. The van der Waals surface area contributed by atoms with E-state index >= 15 is 0 Å². The normalized spacial score (nSPS) is 12.2. The Hall–Kier alpha value is -1.71. The number of halogens is 7. The van der Waals surface area contributed by atoms with E-state index in [-0.39, 0.29) is 0 Å². The van der Waals surface area contributed by atoms with Crippen molar-refractivity contribution in [2.75, 3.05) is 7.11 Å². The van der Waals surface area contributed by atoms with Crippen LogP contribution in [0, 0.1) is 0 Å². The fraction of sp³-hybridized carbons (Fsp3) is 0.333. The van der Waals surface area contributed by atoms with Gasteiger partial charge in [-0.2, -0.15) is 13.2 Å². The number of pyridine rings is 1. The minimum Gasteiger partial charge on any atom is -0.464 e. The number of alkyl halides is 6. The van der Waals surface area contributed by atoms with E-state index < -0.39 is 40.7 Å². The third-order valence-corrected chi connectivity index (χ3v) is 2.13. The van der Waals surface area contributed by atoms with Gasteiger partial charge in [0.25, 0.3) is 0 Å². The maximum absolute atomic E-state index is 12.6. The van der Waals surface area contributed by atoms with Crippen LogP contribution in [0.5, 0.6) is 5.88 Å². The quantitative estimate of drug-likeness (QED) is 0.618. The summed E-state index contributed by atoms with van der Waals surface area (Å²) in [7, 11) is 0.861. The van der Waals surface area contributed by atoms with Crippen LogP contribution in [0.3, 0.4) is 0 Å². The zero-order chi connectivity index (χ0) is 15.7. The molecule has 0 aliphatic heterocycles. The Kier molecular flexibility index (Phi) is 4.37. The lowest BCUT2D eigenvalue weighted by Gasteiger charge is -2.16. The van der Waals surface area contributed by atoms with Crippen molar-refractivity contribution in [3.63, 3.8) is 0 Å². The molecule has 0 aliphatic carbocycles. The number of carbonyl (C=O) groups excluding carboxylic acids is 1. The third kappa shape index (κ3) is 3.89. The van der Waals surface area contributed by atoms with Gasteiger partial charge in [0.2, 0.25) is 5.88 Å². The second-order valence-electron chi connectivity index (χ2n) is 3.21. The van der Waals surface area contributed by atoms with Gasteiger partial charge < -0.3 is 9.47 Å². The van der Waals surface area contributed by atoms with Gasteiger partial charge in [-0.3, -0.25) is 0 Å². The van der Waals surface area contributed by atoms with Crippen LogP contribution in [0.15, 0.2) is 6.07 Å². The monoisotopic (exact) mass is 323 g/mol. The fourth-order valence-corrected chi connectivity index (χ4v) is 1.43. The summed E-state index contributed by atoms with van der Waals surface area (Å²) in [5.41, 5.74) is -2.80. The van der Waals surface area contributed by atoms with Crippen LogP contribution >= 0.6 is 11.6 Å². The first-order valence-corrected chi connectivity index (χ1v) is 4.95. The van der Waals surface area contributed by atoms with Crippen molar-refractivity contribution in [1.29, 1.82) is 0 Å². The molecule has 112 valence electrons. The van der Waals surface area contributed by atoms with Crippen LogP contribution in [0.1, 0.15) is 16.1 Å². The lowest BCUT2D eigenvalue weighted by molar-refractivity contribution is -0.277. The van der Waals surface area contributed by atoms with Gasteiger partial charge in [0.05, 0.1) is 12.1 Å². The zero-order valence-corrected chi connectivity index (χ0v) is 10.2. The molecule has 0 fully saturated rings. The number of aromatic nitrogens is 1. The highest BCUT2D eigenvalue weighted by Crippen LogP contribution is 2.41. The maximum Gasteiger partial charge on any atom is 0.574 e. The molecule has 1 rings (SSSR count). The standard InChI is InChI=1S/C9H4ClF6NO3/c1-19-7(18)4-2-3(10)5(8(11,12)13)6(17-4)20-9(14,15)16/h2H,1H3. The molecule has 0 N–H and O–H groups in total. The number of nitrogens with zero attached hydrogens (tertiary/aromatic N) is 1. The molecule has 4 nitrogen and oxygen atoms in total. The van der Waals surface area contributed by atoms with Crippen molar-refractivity contribution in [2.24, 2.45) is 0 Å². The minimum atomic E-state index is -5.44. The van der Waals surface area contributed by atoms with E-state index in [1.54, 1.807) is 0 Å². The van der Waals surface area contributed by atoms with Gasteiger partial charge in [-0.1, -0.05) is 11.6 Å². The summed E-state index contributed by atoms with van der Waals surface area (Å²) < 4.78 is 81.3. The Labute approximate surface area is 112 Å². The van der Waals surface area contributed by atoms with Crippen LogP contribution in [0.2, 0.25) is 5.02 Å². The summed E-state index contributed by atoms with van der Waals surface area (Å²) in [6.45, 7) is 0. The molecule has 0 saturated carbocycles. The molecule has 0 saturated heterocycles. The molecule has 1 aromatic rings. The molecule has 1 aromatic heterocycles. The van der Waals surface area contributed by atoms with Crippen LogP contribution < -0.4 is 4.74 Å². The van der Waals surface area contributed by atoms with E-state index in [9.17, 15) is 31.1 Å². The van der Waals surface area contributed by atoms with Crippen molar-refractivity contribution in [2.45, 2.75) is 12.5 Å². The molecular weight excluding hydrogens is 320 g/mol. The van der Waals surface area contributed by atoms with E-state index in [0.717, 1.165) is 7.11 Å². The van der Waals surface area contributed by atoms with Gasteiger partial charge in [0, 0.05) is 0 Å². The molecule has 0 atom stereocenters. The number of hydrogen-bond donors (Lipinski definition) is 0. The molecule has 20 heavy (non-hydrogen) atoms. The lowest BCUT2D eigenvalue weighted by Crippen LogP contribution is -2.22. The molecule has 0 unspecified atom stereocenters. The predicted molar refractivity (Wildman–Crippen MR) is 52.3 cm³/mol. The second-order valence-corrected chi connectivity index (χ2v) is 3.61. The number of ether oxygens (including phenoxy) is 2. The molecule has 0 aromatic carbocycles. The lowest BCUT2D eigenvalue weighted by atomic mass is 10.2. The van der Waals surface area contributed by atoms with E-state index in [1.165, 1.54) is 0 Å². The molecule has 0 bridgehead atoms. The SMILES string of the molecule is COC(=O)c1cc(Cl)c(C(F)(F)F)c(OC(F)(F)F)n1. The van der Waals surface area contributed by atoms with Gasteiger partial charge in [0.1, 0.15) is 5.56 Å². The average molecular weight is 324 g/mol. The zero-order valence-electron chi connectivity index (χ0n) is 9.40. The summed E-state index contributed by atoms with van der Waals surface area (Å²) >= 11 is 5.23. The Morgan fingerprint density at radius 1 is 1.25 bits per heavy atom. The summed E-state index contributed by atoms with van der Waals surface area (Å²) in [5.74, 6) is -3.15. The van der Waals surface area contributed by atoms with Crippen LogP contribution in [0.25, 0.3) is 0 Å². The topological polar surface area (TPSA) is 48.4 Å². The van der Waals surface area contributed by atoms with E-state index in [0.29, 0.717) is 6.07 Å². The Bertz CT molecular complexity index is 528. The number of rotatable bonds is 2. The van der Waals surface area contributed by atoms with Crippen molar-refractivity contribution in [1.82, 2.24) is 4.98 Å². The van der Waals surface area contributed by atoms with E-state index in [2.05, 4.69) is 14.5 Å². The van der Waals surface area contributed by atoms with Gasteiger partial charge in [-0.15, -0.1) is 13.2 Å². The van der Waals surface area contributed by atoms with Crippen molar-refractivity contribution in [3.05, 3.63) is 22.3 Å². The average Bonchev–Trinajstić information content (AvgIpc) is 2.22. The number of esters is 1. The highest BCUT2D eigenvalue weighted by atomic mass is 35.5. The molecule has 0 radical (unpaired) electrons. The fourth-order valence-electron chi connectivity index (χ4n) is 1.14. The molecular formula is C9H4ClF6NO3. The van der Waals surface area contributed by atoms with Crippen molar-refractivity contribution in [3.8, 4) is 5.88 Å². The van der Waals surface area contributed by atoms with Crippen LogP contribution in [-0.4, -0.2) is 24.4 Å².